The van der Waals surface area contributed by atoms with Crippen molar-refractivity contribution < 1.29 is 31.5 Å². The lowest BCUT2D eigenvalue weighted by Gasteiger charge is -2.46. The predicted molar refractivity (Wildman–Crippen MR) is 466 cm³/mol. The first kappa shape index (κ1) is 48.1. The van der Waals surface area contributed by atoms with E-state index in [2.05, 4.69) is 116 Å². The number of hydrogen-bond acceptors (Lipinski definition) is 5. The van der Waals surface area contributed by atoms with Crippen LogP contribution in [-0.4, -0.2) is 26.2 Å². The van der Waals surface area contributed by atoms with Crippen molar-refractivity contribution in [3.05, 3.63) is 343 Å². The van der Waals surface area contributed by atoms with Crippen molar-refractivity contribution in [2.75, 3.05) is 9.80 Å². The van der Waals surface area contributed by atoms with Crippen LogP contribution in [0.15, 0.2) is 321 Å². The predicted octanol–water partition coefficient (Wildman–Crippen LogP) is 25.6. The van der Waals surface area contributed by atoms with Crippen molar-refractivity contribution in [1.29, 1.82) is 0 Å². The highest BCUT2D eigenvalue weighted by Gasteiger charge is 2.47. The van der Waals surface area contributed by atoms with Gasteiger partial charge in [-0.15, -0.1) is 0 Å². The summed E-state index contributed by atoms with van der Waals surface area (Å²) in [5.41, 5.74) is 9.63. The van der Waals surface area contributed by atoms with Gasteiger partial charge in [-0.25, -0.2) is 15.0 Å². The lowest BCUT2D eigenvalue weighted by atomic mass is 9.33. The third-order valence-corrected chi connectivity index (χ3v) is 21.1. The minimum atomic E-state index is -1.07. The van der Waals surface area contributed by atoms with E-state index in [0.29, 0.717) is 55.8 Å². The van der Waals surface area contributed by atoms with Crippen LogP contribution in [0.4, 0.5) is 34.1 Å². The second kappa shape index (κ2) is 26.7. The van der Waals surface area contributed by atoms with Gasteiger partial charge in [-0.05, 0) is 160 Å². The van der Waals surface area contributed by atoms with Crippen molar-refractivity contribution in [2.45, 2.75) is 105 Å². The lowest BCUT2D eigenvalue weighted by molar-refractivity contribution is 0.569. The van der Waals surface area contributed by atoms with E-state index < -0.39 is 179 Å². The van der Waals surface area contributed by atoms with E-state index in [9.17, 15) is 21.9 Å². The van der Waals surface area contributed by atoms with Crippen molar-refractivity contribution in [1.82, 2.24) is 19.5 Å². The van der Waals surface area contributed by atoms with Crippen molar-refractivity contribution in [3.8, 4) is 95.5 Å². The molecule has 0 bridgehead atoms. The first-order chi connectivity index (χ1) is 62.6. The summed E-state index contributed by atoms with van der Waals surface area (Å²) < 4.78 is 220. The Morgan fingerprint density at radius 2 is 0.664 bits per heavy atom. The minimum absolute atomic E-state index is 0.0644. The van der Waals surface area contributed by atoms with Gasteiger partial charge in [-0.1, -0.05) is 343 Å². The van der Waals surface area contributed by atoms with Crippen LogP contribution < -0.4 is 26.2 Å². The molecule has 0 saturated carbocycles. The molecule has 18 rings (SSSR count). The molecule has 2 aliphatic heterocycles. The van der Waals surface area contributed by atoms with Gasteiger partial charge in [-0.3, -0.25) is 0 Å². The Morgan fingerprint density at radius 3 is 1.13 bits per heavy atom. The number of anilines is 6. The van der Waals surface area contributed by atoms with E-state index >= 15 is 0 Å². The van der Waals surface area contributed by atoms with Crippen LogP contribution in [0, 0.1) is 0 Å². The molecule has 2 aromatic heterocycles. The van der Waals surface area contributed by atoms with Gasteiger partial charge >= 0.3 is 0 Å². The highest BCUT2D eigenvalue weighted by Crippen LogP contribution is 2.56. The summed E-state index contributed by atoms with van der Waals surface area (Å²) in [5, 5.41) is -0.444. The largest absolute Gasteiger partial charge is 0.310 e. The molecule has 16 aromatic rings. The zero-order valence-corrected chi connectivity index (χ0v) is 63.1. The smallest absolute Gasteiger partial charge is 0.252 e. The van der Waals surface area contributed by atoms with Crippen LogP contribution in [-0.2, 0) is 21.7 Å². The zero-order chi connectivity index (χ0) is 95.6. The Morgan fingerprint density at radius 1 is 0.282 bits per heavy atom. The molecule has 0 unspecified atom stereocenters. The number of para-hydroxylation sites is 2. The zero-order valence-electron chi connectivity index (χ0n) is 86.1. The summed E-state index contributed by atoms with van der Waals surface area (Å²) in [5.74, 6) is -1.50. The number of rotatable bonds is 11. The summed E-state index contributed by atoms with van der Waals surface area (Å²) >= 11 is 0. The molecule has 2 aliphatic rings. The molecular formula is C103H89BN6. The number of hydrogen-bond donors (Lipinski definition) is 0. The number of aromatic nitrogens is 4. The molecule has 0 radical (unpaired) electrons. The van der Waals surface area contributed by atoms with E-state index in [1.54, 1.807) is 18.2 Å². The summed E-state index contributed by atoms with van der Waals surface area (Å²) in [7, 11) is 0. The summed E-state index contributed by atoms with van der Waals surface area (Å²) in [4.78, 5) is 19.5. The van der Waals surface area contributed by atoms with Crippen LogP contribution in [0.3, 0.4) is 0 Å². The molecule has 6 nitrogen and oxygen atoms in total. The van der Waals surface area contributed by atoms with Crippen molar-refractivity contribution >= 4 is 79.0 Å². The van der Waals surface area contributed by atoms with Crippen LogP contribution in [0.25, 0.3) is 117 Å². The molecule has 0 N–H and O–H groups in total. The Kier molecular flexibility index (Phi) is 11.7. The second-order valence-electron chi connectivity index (χ2n) is 32.4. The third kappa shape index (κ3) is 12.3. The molecular weight excluding hydrogens is 1330 g/mol. The van der Waals surface area contributed by atoms with Crippen LogP contribution >= 0.6 is 0 Å². The first-order valence-corrected chi connectivity index (χ1v) is 36.9. The Balaban J connectivity index is 1.13. The lowest BCUT2D eigenvalue weighted by Crippen LogP contribution is -2.61. The molecule has 14 aromatic carbocycles. The molecule has 0 spiro atoms. The second-order valence-corrected chi connectivity index (χ2v) is 32.4. The van der Waals surface area contributed by atoms with E-state index in [1.165, 1.54) is 4.57 Å². The normalized spacial score (nSPS) is 15.8. The van der Waals surface area contributed by atoms with Crippen LogP contribution in [0.5, 0.6) is 0 Å². The van der Waals surface area contributed by atoms with Gasteiger partial charge in [0.05, 0.1) is 59.6 Å². The Labute approximate surface area is 680 Å². The van der Waals surface area contributed by atoms with Gasteiger partial charge in [0.1, 0.15) is 0 Å². The average Bonchev–Trinajstić information content (AvgIpc) is 1.63. The Hall–Kier alpha value is -12.4. The maximum atomic E-state index is 10.3. The minimum Gasteiger partial charge on any atom is -0.310 e. The molecule has 0 saturated heterocycles. The fourth-order valence-corrected chi connectivity index (χ4v) is 15.4. The SMILES string of the molecule is [2H]c1c([2H])c([2H])c(-c2ccc3c(c2)B2c4ccc(-c5cc(C(C)(C)C)cc(C(C)(C)C)c5)cc4N(c4c(-c5ccccc5)cc(C(C)(C)C)cc4-c4ccccc4)c4cc(-n5c6c([2H])c([2H])c([2H])c([2H])c6c6c([2H])c([2H])c([2H])c([2H])c65)cc(c42)N3c2c(-c3ccccc3)cc(C(C)(C)C)cc2-c2nc(-c3c([2H])c([2H])c([2H])c([2H])c3[2H])nc(-c3c([2H])c([2H])c([2H])c([2H])c3[2H])n2)c([2H])c1[2H]. The first-order valence-electron chi connectivity index (χ1n) is 48.4. The van der Waals surface area contributed by atoms with Gasteiger partial charge in [0.2, 0.25) is 0 Å². The maximum absolute atomic E-state index is 10.3. The fourth-order valence-electron chi connectivity index (χ4n) is 15.4. The number of fused-ring (bicyclic) bond motifs is 7. The Bertz CT molecular complexity index is 7380. The van der Waals surface area contributed by atoms with Gasteiger partial charge in [0, 0.05) is 66.9 Å². The molecule has 0 fully saturated rings. The van der Waals surface area contributed by atoms with Crippen LogP contribution in [0.1, 0.15) is 137 Å². The average molecular weight is 1440 g/mol. The van der Waals surface area contributed by atoms with Gasteiger partial charge in [-0.2, -0.15) is 0 Å². The molecule has 534 valence electrons. The summed E-state index contributed by atoms with van der Waals surface area (Å²) in [6, 6.07) is 43.7. The molecule has 110 heavy (non-hydrogen) atoms. The number of nitrogens with zero attached hydrogens (tertiary/aromatic N) is 6. The topological polar surface area (TPSA) is 50.1 Å². The molecule has 0 atom stereocenters. The number of benzene rings is 14. The standard InChI is InChI=1S/C103H89BN6/c1-100(2,3)75-55-74(56-76(59-75)101(4,5)6)73-51-53-86-91(58-73)110(95-82(67-37-21-14-22-38-67)60-77(102(7,8)9)61-83(95)68-39-23-15-24-40-68)93-65-79(108-88-49-33-31-47-80(88)81-48-32-34-50-89(81)108)64-92-94(93)104(86)87-57-72(66-35-19-13-20-36-66)52-54-90(87)109(92)96-84(69-41-25-16-26-42-69)62-78(103(10,11)12)63-85(96)99-106-97(70-43-27-17-28-44-70)105-98(107-99)71-45-29-18-30-46-71/h13-65H,1-12H3/i13D,17D,18D,19D,20D,27D,28D,29D,30D,31D,32D,33D,34D,35D,36D,43D,44D,45D,46D,47D,48D,49D,50D. The van der Waals surface area contributed by atoms with E-state index in [4.69, 9.17) is 24.5 Å². The van der Waals surface area contributed by atoms with Crippen molar-refractivity contribution in [2.24, 2.45) is 0 Å². The van der Waals surface area contributed by atoms with E-state index in [-0.39, 0.29) is 72.2 Å². The van der Waals surface area contributed by atoms with Gasteiger partial charge in [0.15, 0.2) is 17.5 Å². The fraction of sp³-hybridized carbons (Fsp3) is 0.155. The van der Waals surface area contributed by atoms with Gasteiger partial charge in [0.25, 0.3) is 6.71 Å². The third-order valence-electron chi connectivity index (χ3n) is 21.1. The maximum Gasteiger partial charge on any atom is 0.252 e. The molecule has 7 heteroatoms. The molecule has 4 heterocycles. The van der Waals surface area contributed by atoms with E-state index in [0.717, 1.165) is 50.1 Å². The highest BCUT2D eigenvalue weighted by atomic mass is 15.2. The monoisotopic (exact) mass is 1440 g/mol. The van der Waals surface area contributed by atoms with Gasteiger partial charge < -0.3 is 14.4 Å². The molecule has 0 amide bonds. The quantitative estimate of drug-likeness (QED) is 0.121. The van der Waals surface area contributed by atoms with Crippen LogP contribution in [0.2, 0.25) is 0 Å². The summed E-state index contributed by atoms with van der Waals surface area (Å²) in [6.07, 6.45) is 0. The van der Waals surface area contributed by atoms with E-state index in [1.807, 2.05) is 141 Å². The molecule has 0 aliphatic carbocycles. The summed E-state index contributed by atoms with van der Waals surface area (Å²) in [6.45, 7) is 24.3. The highest BCUT2D eigenvalue weighted by molar-refractivity contribution is 7.00. The van der Waals surface area contributed by atoms with Crippen molar-refractivity contribution in [3.63, 3.8) is 0 Å².